The van der Waals surface area contributed by atoms with Crippen LogP contribution in [-0.2, 0) is 10.0 Å². The van der Waals surface area contributed by atoms with Crippen molar-refractivity contribution in [2.75, 3.05) is 11.4 Å². The molecule has 5 rings (SSSR count). The number of methoxy groups -OCH3 is 1. The second-order valence-electron chi connectivity index (χ2n) is 9.31. The largest absolute Gasteiger partial charge is 0.497 e. The highest BCUT2D eigenvalue weighted by Gasteiger charge is 2.49. The number of hydrogen-bond donors (Lipinski definition) is 0. The number of rotatable bonds is 8. The molecule has 0 N–H and O–H groups in total. The number of benzene rings is 4. The Kier molecular flexibility index (Phi) is 6.87. The summed E-state index contributed by atoms with van der Waals surface area (Å²) in [5.74, 6) is -0.636. The van der Waals surface area contributed by atoms with Crippen LogP contribution in [0.1, 0.15) is 44.2 Å². The van der Waals surface area contributed by atoms with Gasteiger partial charge in [0.15, 0.2) is 11.6 Å². The van der Waals surface area contributed by atoms with Crippen molar-refractivity contribution in [2.45, 2.75) is 30.2 Å². The maximum atomic E-state index is 14.1. The normalized spacial score (nSPS) is 16.6. The molecule has 1 aliphatic rings. The number of para-hydroxylation sites is 1. The molecule has 0 amide bonds. The maximum Gasteiger partial charge on any atom is 0.265 e. The predicted octanol–water partition coefficient (Wildman–Crippen LogP) is 5.82. The minimum Gasteiger partial charge on any atom is -0.497 e. The highest BCUT2D eigenvalue weighted by Crippen LogP contribution is 2.47. The lowest BCUT2D eigenvalue weighted by molar-refractivity contribution is 0.0930. The van der Waals surface area contributed by atoms with Gasteiger partial charge in [0.05, 0.1) is 17.7 Å². The number of anilines is 1. The van der Waals surface area contributed by atoms with E-state index in [0.29, 0.717) is 28.1 Å². The summed E-state index contributed by atoms with van der Waals surface area (Å²) in [5, 5.41) is 0. The molecule has 4 aromatic carbocycles. The number of sulfonamides is 1. The molecule has 38 heavy (non-hydrogen) atoms. The minimum absolute atomic E-state index is 0.0203. The first-order chi connectivity index (χ1) is 18.3. The van der Waals surface area contributed by atoms with Crippen LogP contribution in [0.3, 0.4) is 0 Å². The van der Waals surface area contributed by atoms with Crippen LogP contribution in [0.15, 0.2) is 108 Å². The van der Waals surface area contributed by atoms with Gasteiger partial charge in [-0.15, -0.1) is 0 Å². The van der Waals surface area contributed by atoms with Crippen molar-refractivity contribution in [3.05, 3.63) is 125 Å². The smallest absolute Gasteiger partial charge is 0.265 e. The van der Waals surface area contributed by atoms with E-state index in [2.05, 4.69) is 0 Å². The molecule has 0 bridgehead atoms. The summed E-state index contributed by atoms with van der Waals surface area (Å²) in [4.78, 5) is 27.6. The molecule has 0 saturated heterocycles. The van der Waals surface area contributed by atoms with Crippen LogP contribution in [-0.4, -0.2) is 33.1 Å². The van der Waals surface area contributed by atoms with Crippen molar-refractivity contribution in [1.82, 2.24) is 0 Å². The molecule has 0 saturated carbocycles. The van der Waals surface area contributed by atoms with E-state index in [0.717, 1.165) is 5.56 Å². The molecule has 0 spiro atoms. The first kappa shape index (κ1) is 25.4. The predicted molar refractivity (Wildman–Crippen MR) is 147 cm³/mol. The van der Waals surface area contributed by atoms with Gasteiger partial charge in [0.1, 0.15) is 11.8 Å². The third-order valence-corrected chi connectivity index (χ3v) is 8.74. The van der Waals surface area contributed by atoms with Crippen LogP contribution < -0.4 is 9.04 Å². The Morgan fingerprint density at radius 1 is 0.789 bits per heavy atom. The van der Waals surface area contributed by atoms with Gasteiger partial charge in [0.2, 0.25) is 0 Å². The van der Waals surface area contributed by atoms with Crippen LogP contribution in [0.25, 0.3) is 0 Å². The summed E-state index contributed by atoms with van der Waals surface area (Å²) >= 11 is 0. The molecular weight excluding hydrogens is 498 g/mol. The maximum absolute atomic E-state index is 14.1. The Morgan fingerprint density at radius 2 is 1.42 bits per heavy atom. The zero-order chi connectivity index (χ0) is 26.9. The number of fused-ring (bicyclic) bond motifs is 1. The van der Waals surface area contributed by atoms with E-state index in [1.54, 1.807) is 97.1 Å². The van der Waals surface area contributed by atoms with Crippen molar-refractivity contribution in [1.29, 1.82) is 0 Å². The van der Waals surface area contributed by atoms with Gasteiger partial charge in [0, 0.05) is 23.5 Å². The number of ether oxygens (including phenoxy) is 1. The molecule has 0 aliphatic carbocycles. The molecule has 0 radical (unpaired) electrons. The van der Waals surface area contributed by atoms with Crippen molar-refractivity contribution < 1.29 is 22.7 Å². The van der Waals surface area contributed by atoms with Gasteiger partial charge in [-0.3, -0.25) is 13.9 Å². The van der Waals surface area contributed by atoms with E-state index in [1.807, 2.05) is 13.0 Å². The number of hydrogen-bond acceptors (Lipinski definition) is 5. The summed E-state index contributed by atoms with van der Waals surface area (Å²) in [7, 11) is -2.61. The standard InChI is InChI=1S/C31H27NO5S/c1-21-12-18-25(19-13-21)38(35,36)32-28-11-7-6-10-26(28)27(20-29(33)22-8-4-3-5-9-22)30(32)31(34)23-14-16-24(37-2)17-15-23/h3-19,27,30H,20H2,1-2H3/t27-,30+/m1/s1. The fourth-order valence-corrected chi connectivity index (χ4v) is 6.64. The number of Topliss-reactive ketones (excluding diaryl/α,β-unsaturated/α-hetero) is 2. The zero-order valence-corrected chi connectivity index (χ0v) is 21.9. The molecule has 1 heterocycles. The molecule has 7 heteroatoms. The summed E-state index contributed by atoms with van der Waals surface area (Å²) < 4.78 is 34.7. The second kappa shape index (κ2) is 10.3. The lowest BCUT2D eigenvalue weighted by atomic mass is 9.85. The van der Waals surface area contributed by atoms with Crippen LogP contribution >= 0.6 is 0 Å². The van der Waals surface area contributed by atoms with E-state index in [4.69, 9.17) is 4.74 Å². The molecule has 6 nitrogen and oxygen atoms in total. The molecule has 0 unspecified atom stereocenters. The fraction of sp³-hybridized carbons (Fsp3) is 0.161. The minimum atomic E-state index is -4.14. The quantitative estimate of drug-likeness (QED) is 0.271. The molecule has 192 valence electrons. The van der Waals surface area contributed by atoms with Crippen LogP contribution in [0.2, 0.25) is 0 Å². The average molecular weight is 526 g/mol. The van der Waals surface area contributed by atoms with E-state index < -0.39 is 22.0 Å². The van der Waals surface area contributed by atoms with Crippen molar-refractivity contribution in [3.8, 4) is 5.75 Å². The number of ketones is 2. The Balaban J connectivity index is 1.65. The van der Waals surface area contributed by atoms with Gasteiger partial charge in [0.25, 0.3) is 10.0 Å². The summed E-state index contributed by atoms with van der Waals surface area (Å²) in [5.41, 5.74) is 2.83. The lowest BCUT2D eigenvalue weighted by Gasteiger charge is -2.29. The first-order valence-electron chi connectivity index (χ1n) is 12.3. The highest BCUT2D eigenvalue weighted by atomic mass is 32.2. The lowest BCUT2D eigenvalue weighted by Crippen LogP contribution is -2.45. The highest BCUT2D eigenvalue weighted by molar-refractivity contribution is 7.93. The van der Waals surface area contributed by atoms with Gasteiger partial charge in [-0.2, -0.15) is 0 Å². The third-order valence-electron chi connectivity index (χ3n) is 6.93. The molecule has 4 aromatic rings. The van der Waals surface area contributed by atoms with Crippen molar-refractivity contribution >= 4 is 27.3 Å². The number of nitrogens with zero attached hydrogens (tertiary/aromatic N) is 1. The van der Waals surface area contributed by atoms with E-state index in [1.165, 1.54) is 11.4 Å². The fourth-order valence-electron chi connectivity index (χ4n) is 4.97. The SMILES string of the molecule is COc1ccc(C(=O)[C@@H]2[C@H](CC(=O)c3ccccc3)c3ccccc3N2S(=O)(=O)c2ccc(C)cc2)cc1. The first-order valence-corrected chi connectivity index (χ1v) is 13.7. The van der Waals surface area contributed by atoms with E-state index >= 15 is 0 Å². The van der Waals surface area contributed by atoms with Gasteiger partial charge in [-0.05, 0) is 55.0 Å². The summed E-state index contributed by atoms with van der Waals surface area (Å²) in [6.45, 7) is 1.88. The molecule has 0 aromatic heterocycles. The van der Waals surface area contributed by atoms with Crippen LogP contribution in [0.4, 0.5) is 5.69 Å². The summed E-state index contributed by atoms with van der Waals surface area (Å²) in [6.07, 6.45) is -0.0203. The van der Waals surface area contributed by atoms with E-state index in [-0.39, 0.29) is 22.9 Å². The number of carbonyl (C=O) groups is 2. The monoisotopic (exact) mass is 525 g/mol. The topological polar surface area (TPSA) is 80.8 Å². The third kappa shape index (κ3) is 4.61. The van der Waals surface area contributed by atoms with E-state index in [9.17, 15) is 18.0 Å². The molecule has 1 aliphatic heterocycles. The van der Waals surface area contributed by atoms with Gasteiger partial charge in [-0.1, -0.05) is 66.2 Å². The van der Waals surface area contributed by atoms with Crippen molar-refractivity contribution in [2.24, 2.45) is 0 Å². The Morgan fingerprint density at radius 3 is 2.08 bits per heavy atom. The molecule has 2 atom stereocenters. The zero-order valence-electron chi connectivity index (χ0n) is 21.1. The van der Waals surface area contributed by atoms with Gasteiger partial charge >= 0.3 is 0 Å². The average Bonchev–Trinajstić information content (AvgIpc) is 3.28. The molecule has 0 fully saturated rings. The summed E-state index contributed by atoms with van der Waals surface area (Å²) in [6, 6.07) is 27.9. The number of carbonyl (C=O) groups excluding carboxylic acids is 2. The van der Waals surface area contributed by atoms with Gasteiger partial charge in [-0.25, -0.2) is 8.42 Å². The van der Waals surface area contributed by atoms with Crippen molar-refractivity contribution in [3.63, 3.8) is 0 Å². The number of aryl methyl sites for hydroxylation is 1. The Labute approximate surface area is 222 Å². The Bertz CT molecular complexity index is 1580. The van der Waals surface area contributed by atoms with Gasteiger partial charge < -0.3 is 4.74 Å². The Hall–Kier alpha value is -4.23. The van der Waals surface area contributed by atoms with Crippen LogP contribution in [0.5, 0.6) is 5.75 Å². The second-order valence-corrected chi connectivity index (χ2v) is 11.1. The van der Waals surface area contributed by atoms with Crippen LogP contribution in [0, 0.1) is 6.92 Å². The molecular formula is C31H27NO5S.